The molecule has 0 heterocycles. The molecular formula is C55H86N4O6S3. The molecule has 0 bridgehead atoms. The van der Waals surface area contributed by atoms with E-state index < -0.39 is 29.0 Å². The third-order valence-corrected chi connectivity index (χ3v) is 9.37. The topological polar surface area (TPSA) is 176 Å². The van der Waals surface area contributed by atoms with Crippen LogP contribution in [-0.2, 0) is 20.7 Å². The van der Waals surface area contributed by atoms with Gasteiger partial charge in [-0.05, 0) is 123 Å². The van der Waals surface area contributed by atoms with Crippen molar-refractivity contribution in [3.63, 3.8) is 0 Å². The number of allylic oxidation sites excluding steroid dienone is 3. The van der Waals surface area contributed by atoms with Crippen molar-refractivity contribution < 1.29 is 29.3 Å². The van der Waals surface area contributed by atoms with Crippen molar-refractivity contribution >= 4 is 59.1 Å². The summed E-state index contributed by atoms with van der Waals surface area (Å²) in [6, 6.07) is 23.7. The van der Waals surface area contributed by atoms with Crippen LogP contribution < -0.4 is 5.32 Å². The highest BCUT2D eigenvalue weighted by molar-refractivity contribution is 7.99. The fourth-order valence-corrected chi connectivity index (χ4v) is 4.25. The number of carbonyl (C=O) groups is 2. The van der Waals surface area contributed by atoms with Crippen LogP contribution in [0.1, 0.15) is 101 Å². The van der Waals surface area contributed by atoms with Crippen LogP contribution in [0, 0.1) is 50.2 Å². The zero-order valence-corrected chi connectivity index (χ0v) is 46.5. The van der Waals surface area contributed by atoms with Crippen LogP contribution in [0.2, 0.25) is 0 Å². The molecule has 0 saturated carbocycles. The number of rotatable bonds is 17. The molecule has 2 unspecified atom stereocenters. The van der Waals surface area contributed by atoms with Gasteiger partial charge in [-0.15, -0.1) is 24.9 Å². The number of aliphatic hydroxyl groups excluding tert-OH is 2. The van der Waals surface area contributed by atoms with Crippen LogP contribution in [0.15, 0.2) is 123 Å². The van der Waals surface area contributed by atoms with E-state index in [9.17, 15) is 14.7 Å². The average molecular weight is 996 g/mol. The smallest absolute Gasteiger partial charge is 0.411 e. The van der Waals surface area contributed by atoms with Crippen LogP contribution in [-0.4, -0.2) is 77.3 Å². The van der Waals surface area contributed by atoms with Gasteiger partial charge in [0.05, 0.1) is 40.6 Å². The SMILES string of the molecule is C/C=C/C(O)C(C)(C)C#N.C/C=C/C(O)SC.C=C(C)C(=O)OCCOC(=O)Nc1cccc(CC(C)(C)C#N)c1.C=CCC(C)(C)C#N.C=CCSC.C=Cc1ccccc1.CC.CCSC. The van der Waals surface area contributed by atoms with E-state index in [1.807, 2.05) is 134 Å². The minimum Gasteiger partial charge on any atom is -0.459 e. The highest BCUT2D eigenvalue weighted by Gasteiger charge is 2.24. The van der Waals surface area contributed by atoms with E-state index in [1.165, 1.54) is 30.0 Å². The lowest BCUT2D eigenvalue weighted by Gasteiger charge is -2.18. The van der Waals surface area contributed by atoms with Crippen molar-refractivity contribution in [1.82, 2.24) is 0 Å². The number of anilines is 1. The second-order valence-corrected chi connectivity index (χ2v) is 18.5. The van der Waals surface area contributed by atoms with Gasteiger partial charge in [-0.1, -0.05) is 119 Å². The van der Waals surface area contributed by atoms with Crippen molar-refractivity contribution in [3.8, 4) is 18.2 Å². The number of nitriles is 3. The number of hydrogen-bond acceptors (Lipinski definition) is 12. The Balaban J connectivity index is -0.000000182. The number of hydrogen-bond donors (Lipinski definition) is 3. The van der Waals surface area contributed by atoms with Gasteiger partial charge in [-0.2, -0.15) is 39.3 Å². The molecular weight excluding hydrogens is 909 g/mol. The summed E-state index contributed by atoms with van der Waals surface area (Å²) < 4.78 is 9.75. The van der Waals surface area contributed by atoms with Gasteiger partial charge < -0.3 is 19.7 Å². The molecule has 2 rings (SSSR count). The van der Waals surface area contributed by atoms with E-state index in [0.717, 1.165) is 17.7 Å². The van der Waals surface area contributed by atoms with Gasteiger partial charge in [0.2, 0.25) is 0 Å². The fourth-order valence-electron chi connectivity index (χ4n) is 3.70. The van der Waals surface area contributed by atoms with Gasteiger partial charge >= 0.3 is 12.1 Å². The van der Waals surface area contributed by atoms with E-state index in [-0.39, 0.29) is 29.6 Å². The van der Waals surface area contributed by atoms with Gasteiger partial charge in [0.1, 0.15) is 18.6 Å². The number of ether oxygens (including phenoxy) is 2. The first-order valence-electron chi connectivity index (χ1n) is 22.1. The number of aliphatic hydroxyl groups is 2. The predicted octanol–water partition coefficient (Wildman–Crippen LogP) is 14.5. The molecule has 0 aromatic heterocycles. The molecule has 0 fully saturated rings. The van der Waals surface area contributed by atoms with Crippen LogP contribution in [0.5, 0.6) is 0 Å². The van der Waals surface area contributed by atoms with Crippen molar-refractivity contribution in [1.29, 1.82) is 15.8 Å². The molecule has 0 aliphatic carbocycles. The third-order valence-electron chi connectivity index (χ3n) is 7.59. The van der Waals surface area contributed by atoms with E-state index in [4.69, 9.17) is 30.4 Å². The lowest BCUT2D eigenvalue weighted by Crippen LogP contribution is -2.25. The molecule has 10 nitrogen and oxygen atoms in total. The van der Waals surface area contributed by atoms with Crippen molar-refractivity contribution in [3.05, 3.63) is 134 Å². The summed E-state index contributed by atoms with van der Waals surface area (Å²) >= 11 is 5.06. The summed E-state index contributed by atoms with van der Waals surface area (Å²) in [4.78, 5) is 22.9. The minimum atomic E-state index is -0.674. The normalized spacial score (nSPS) is 10.7. The van der Waals surface area contributed by atoms with Gasteiger partial charge in [-0.25, -0.2) is 9.59 Å². The van der Waals surface area contributed by atoms with E-state index in [0.29, 0.717) is 12.1 Å². The number of thioether (sulfide) groups is 3. The van der Waals surface area contributed by atoms with E-state index in [1.54, 1.807) is 68.1 Å². The Labute approximate surface area is 426 Å². The summed E-state index contributed by atoms with van der Waals surface area (Å²) in [5.41, 5.74) is 1.29. The molecule has 0 aliphatic heterocycles. The van der Waals surface area contributed by atoms with Crippen LogP contribution in [0.3, 0.4) is 0 Å². The maximum Gasteiger partial charge on any atom is 0.411 e. The number of benzene rings is 2. The first-order chi connectivity index (χ1) is 32.0. The zero-order chi connectivity index (χ0) is 54.0. The largest absolute Gasteiger partial charge is 0.459 e. The Hall–Kier alpha value is -4.94. The Bertz CT molecular complexity index is 1810. The molecule has 3 N–H and O–H groups in total. The van der Waals surface area contributed by atoms with Gasteiger partial charge in [0, 0.05) is 17.0 Å². The summed E-state index contributed by atoms with van der Waals surface area (Å²) in [7, 11) is 0. The first-order valence-corrected chi connectivity index (χ1v) is 26.2. The Morgan fingerprint density at radius 1 is 0.794 bits per heavy atom. The van der Waals surface area contributed by atoms with E-state index >= 15 is 0 Å². The summed E-state index contributed by atoms with van der Waals surface area (Å²) in [6.45, 7) is 36.4. The molecule has 0 aliphatic rings. The second-order valence-electron chi connectivity index (χ2n) is 15.4. The number of nitrogens with zero attached hydrogens (tertiary/aromatic N) is 3. The quantitative estimate of drug-likeness (QED) is 0.0450. The predicted molar refractivity (Wildman–Crippen MR) is 300 cm³/mol. The molecule has 13 heteroatoms. The average Bonchev–Trinajstić information content (AvgIpc) is 3.32. The monoisotopic (exact) mass is 995 g/mol. The summed E-state index contributed by atoms with van der Waals surface area (Å²) in [6.07, 6.45) is 18.5. The van der Waals surface area contributed by atoms with Crippen molar-refractivity contribution in [2.75, 3.05) is 48.8 Å². The standard InChI is InChI=1S/C18H22N2O4.C8H13NO.C8H8.C7H11N.C5H10OS.C4H8S.C3H8S.C2H6/c1-13(2)16(21)23-8-9-24-17(22)20-15-7-5-6-14(10-15)11-18(3,4)12-19;1-4-5-7(10)8(2,3)6-9;1-2-8-6-4-3-5-7-8;1-4-5-7(2,3)6-8;1-3-4-5(6)7-2;1-3-4-5-2;1-3-4-2;1-2/h5-7,10H,1,8-9,11H2,2-4H3,(H,20,22);4-5,7,10H,1-3H3;2-7H,1H2;4H,1,5H2,2-3H3;3-6H,1-2H3;3H,1,4H2,2H3;3H2,1-2H3;1-2H3/b;5-4+;;;4-3+;;;. The maximum absolute atomic E-state index is 11.7. The van der Waals surface area contributed by atoms with Crippen molar-refractivity contribution in [2.24, 2.45) is 16.2 Å². The number of carbonyl (C=O) groups excluding carboxylic acids is 2. The molecule has 2 aromatic rings. The Morgan fingerprint density at radius 3 is 1.66 bits per heavy atom. The molecule has 380 valence electrons. The zero-order valence-electron chi connectivity index (χ0n) is 44.1. The Morgan fingerprint density at radius 2 is 1.32 bits per heavy atom. The lowest BCUT2D eigenvalue weighted by atomic mass is 9.87. The van der Waals surface area contributed by atoms with Crippen LogP contribution in [0.25, 0.3) is 6.08 Å². The summed E-state index contributed by atoms with van der Waals surface area (Å²) in [5.74, 6) is 1.78. The molecule has 0 radical (unpaired) electrons. The lowest BCUT2D eigenvalue weighted by molar-refractivity contribution is -0.139. The fraction of sp³-hybridized carbons (Fsp3) is 0.473. The summed E-state index contributed by atoms with van der Waals surface area (Å²) in [5, 5.41) is 46.7. The Kier molecular flexibility index (Phi) is 54.8. The molecule has 2 atom stereocenters. The number of amides is 1. The minimum absolute atomic E-state index is 0.0322. The highest BCUT2D eigenvalue weighted by Crippen LogP contribution is 2.23. The first kappa shape index (κ1) is 74.6. The van der Waals surface area contributed by atoms with Gasteiger partial charge in [-0.3, -0.25) is 5.32 Å². The number of nitrogens with one attached hydrogen (secondary N) is 1. The molecule has 0 spiro atoms. The third kappa shape index (κ3) is 52.0. The van der Waals surface area contributed by atoms with Crippen LogP contribution >= 0.6 is 35.3 Å². The molecule has 2 aromatic carbocycles. The highest BCUT2D eigenvalue weighted by atomic mass is 32.2. The molecule has 68 heavy (non-hydrogen) atoms. The van der Waals surface area contributed by atoms with E-state index in [2.05, 4.69) is 63.2 Å². The van der Waals surface area contributed by atoms with Crippen LogP contribution in [0.4, 0.5) is 10.5 Å². The van der Waals surface area contributed by atoms with Crippen molar-refractivity contribution in [2.45, 2.75) is 107 Å². The molecule has 1 amide bonds. The van der Waals surface area contributed by atoms with Gasteiger partial charge in [0.15, 0.2) is 0 Å². The maximum atomic E-state index is 11.7. The number of esters is 1. The second kappa shape index (κ2) is 50.0. The van der Waals surface area contributed by atoms with Gasteiger partial charge in [0.25, 0.3) is 0 Å². The molecule has 0 saturated heterocycles.